The molecule has 3 aromatic rings. The minimum Gasteiger partial charge on any atom is -0.350 e. The highest BCUT2D eigenvalue weighted by atomic mass is 35.5. The highest BCUT2D eigenvalue weighted by Gasteiger charge is 2.39. The number of carbonyl (C=O) groups is 2. The number of carbonyl (C=O) groups excluding carboxylic acids is 2. The lowest BCUT2D eigenvalue weighted by atomic mass is 10.1. The van der Waals surface area contributed by atoms with E-state index in [1.165, 1.54) is 24.3 Å². The molecule has 1 aliphatic rings. The summed E-state index contributed by atoms with van der Waals surface area (Å²) in [6, 6.07) is 12.6. The van der Waals surface area contributed by atoms with Crippen molar-refractivity contribution in [1.29, 1.82) is 0 Å². The highest BCUT2D eigenvalue weighted by molar-refractivity contribution is 7.92. The van der Waals surface area contributed by atoms with E-state index in [0.717, 1.165) is 16.0 Å². The van der Waals surface area contributed by atoms with Crippen molar-refractivity contribution in [2.24, 2.45) is 0 Å². The first-order chi connectivity index (χ1) is 16.5. The van der Waals surface area contributed by atoms with Crippen LogP contribution in [0.15, 0.2) is 64.2 Å². The molecule has 2 N–H and O–H groups in total. The normalized spacial score (nSPS) is 14.0. The van der Waals surface area contributed by atoms with Crippen molar-refractivity contribution >= 4 is 50.8 Å². The second kappa shape index (κ2) is 9.12. The monoisotopic (exact) mass is 511 g/mol. The van der Waals surface area contributed by atoms with Crippen LogP contribution in [-0.4, -0.2) is 30.2 Å². The van der Waals surface area contributed by atoms with E-state index in [9.17, 15) is 18.0 Å². The fourth-order valence-corrected chi connectivity index (χ4v) is 4.68. The Bertz CT molecular complexity index is 1480. The average molecular weight is 512 g/mol. The van der Waals surface area contributed by atoms with Crippen molar-refractivity contribution < 1.29 is 18.0 Å². The molecule has 11 heteroatoms. The molecule has 2 aromatic carbocycles. The maximum atomic E-state index is 13.0. The molecule has 4 rings (SSSR count). The van der Waals surface area contributed by atoms with E-state index in [1.807, 2.05) is 19.9 Å². The average Bonchev–Trinajstić information content (AvgIpc) is 2.98. The number of aromatic nitrogens is 2. The Morgan fingerprint density at radius 2 is 1.46 bits per heavy atom. The third-order valence-electron chi connectivity index (χ3n) is 5.42. The molecule has 0 fully saturated rings. The van der Waals surface area contributed by atoms with E-state index in [0.29, 0.717) is 22.8 Å². The van der Waals surface area contributed by atoms with E-state index < -0.39 is 21.8 Å². The zero-order valence-corrected chi connectivity index (χ0v) is 21.0. The largest absolute Gasteiger partial charge is 0.350 e. The van der Waals surface area contributed by atoms with Crippen molar-refractivity contribution in [1.82, 2.24) is 9.97 Å². The number of aryl methyl sites for hydroxylation is 4. The van der Waals surface area contributed by atoms with Crippen LogP contribution in [0.3, 0.4) is 0 Å². The van der Waals surface area contributed by atoms with Gasteiger partial charge in [0.05, 0.1) is 10.6 Å². The Kier molecular flexibility index (Phi) is 6.35. The minimum absolute atomic E-state index is 0.0249. The van der Waals surface area contributed by atoms with Gasteiger partial charge in [0, 0.05) is 17.1 Å². The molecule has 1 aromatic heterocycles. The van der Waals surface area contributed by atoms with Crippen molar-refractivity contribution in [3.05, 3.63) is 81.8 Å². The van der Waals surface area contributed by atoms with Gasteiger partial charge in [0.15, 0.2) is 0 Å². The third-order valence-corrected chi connectivity index (χ3v) is 7.11. The van der Waals surface area contributed by atoms with Gasteiger partial charge in [-0.3, -0.25) is 9.59 Å². The summed E-state index contributed by atoms with van der Waals surface area (Å²) in [6.45, 7) is 7.29. The maximum Gasteiger partial charge on any atom is 0.283 e. The number of halogens is 1. The molecule has 0 bridgehead atoms. The van der Waals surface area contributed by atoms with Crippen LogP contribution in [0.5, 0.6) is 0 Å². The van der Waals surface area contributed by atoms with Crippen molar-refractivity contribution in [2.45, 2.75) is 32.6 Å². The van der Waals surface area contributed by atoms with Crippen LogP contribution in [0.1, 0.15) is 22.5 Å². The first-order valence-electron chi connectivity index (χ1n) is 10.5. The molecule has 0 radical (unpaired) electrons. The van der Waals surface area contributed by atoms with Crippen molar-refractivity contribution in [2.75, 3.05) is 14.9 Å². The lowest BCUT2D eigenvalue weighted by molar-refractivity contribution is -0.120. The van der Waals surface area contributed by atoms with Gasteiger partial charge in [-0.1, -0.05) is 17.7 Å². The van der Waals surface area contributed by atoms with E-state index in [2.05, 4.69) is 20.0 Å². The summed E-state index contributed by atoms with van der Waals surface area (Å²) < 4.78 is 27.8. The van der Waals surface area contributed by atoms with Crippen LogP contribution in [0.4, 0.5) is 17.3 Å². The zero-order chi connectivity index (χ0) is 25.5. The molecule has 2 amide bonds. The number of anilines is 3. The fourth-order valence-electron chi connectivity index (χ4n) is 3.52. The molecule has 180 valence electrons. The summed E-state index contributed by atoms with van der Waals surface area (Å²) in [4.78, 5) is 34.8. The summed E-state index contributed by atoms with van der Waals surface area (Å²) in [5, 5.41) is 2.58. The summed E-state index contributed by atoms with van der Waals surface area (Å²) in [5.74, 6) is -1.27. The van der Waals surface area contributed by atoms with E-state index in [1.54, 1.807) is 32.0 Å². The van der Waals surface area contributed by atoms with E-state index in [-0.39, 0.29) is 21.6 Å². The first-order valence-corrected chi connectivity index (χ1v) is 12.4. The Morgan fingerprint density at radius 1 is 0.829 bits per heavy atom. The van der Waals surface area contributed by atoms with Gasteiger partial charge in [0.1, 0.15) is 10.7 Å². The predicted molar refractivity (Wildman–Crippen MR) is 134 cm³/mol. The standard InChI is InChI=1S/C24H22ClN5O4S/c1-13-5-8-18(11-14(13)2)30-22(31)20(25)21(23(30)32)28-17-6-9-19(10-7-17)35(33,34)29-24-26-15(3)12-16(4)27-24/h5-12,28H,1-4H3,(H,26,27,29). The molecular formula is C24H22ClN5O4S. The Balaban J connectivity index is 1.53. The highest BCUT2D eigenvalue weighted by Crippen LogP contribution is 2.31. The smallest absolute Gasteiger partial charge is 0.283 e. The number of nitrogens with zero attached hydrogens (tertiary/aromatic N) is 3. The van der Waals surface area contributed by atoms with Gasteiger partial charge in [-0.15, -0.1) is 0 Å². The number of amides is 2. The van der Waals surface area contributed by atoms with Gasteiger partial charge in [-0.2, -0.15) is 0 Å². The molecule has 0 spiro atoms. The number of sulfonamides is 1. The summed E-state index contributed by atoms with van der Waals surface area (Å²) in [7, 11) is -3.94. The first kappa shape index (κ1) is 24.4. The lowest BCUT2D eigenvalue weighted by Gasteiger charge is -2.16. The molecule has 1 aliphatic heterocycles. The van der Waals surface area contributed by atoms with Gasteiger partial charge in [0.2, 0.25) is 5.95 Å². The van der Waals surface area contributed by atoms with Crippen molar-refractivity contribution in [3.63, 3.8) is 0 Å². The second-order valence-corrected chi connectivity index (χ2v) is 10.2. The Labute approximate surface area is 207 Å². The summed E-state index contributed by atoms with van der Waals surface area (Å²) in [5.41, 5.74) is 3.92. The molecule has 0 atom stereocenters. The minimum atomic E-state index is -3.94. The summed E-state index contributed by atoms with van der Waals surface area (Å²) in [6.07, 6.45) is 0. The predicted octanol–water partition coefficient (Wildman–Crippen LogP) is 3.95. The summed E-state index contributed by atoms with van der Waals surface area (Å²) >= 11 is 6.19. The lowest BCUT2D eigenvalue weighted by Crippen LogP contribution is -2.32. The number of hydrogen-bond donors (Lipinski definition) is 2. The maximum absolute atomic E-state index is 13.0. The van der Waals surface area contributed by atoms with Gasteiger partial charge in [0.25, 0.3) is 21.8 Å². The molecule has 0 saturated carbocycles. The van der Waals surface area contributed by atoms with Crippen LogP contribution < -0.4 is 14.9 Å². The number of benzene rings is 2. The SMILES string of the molecule is Cc1cc(C)nc(NS(=O)(=O)c2ccc(NC3=C(Cl)C(=O)N(c4ccc(C)c(C)c4)C3=O)cc2)n1. The fraction of sp³-hybridized carbons (Fsp3) is 0.167. The topological polar surface area (TPSA) is 121 Å². The molecule has 35 heavy (non-hydrogen) atoms. The van der Waals surface area contributed by atoms with Crippen LogP contribution in [0.25, 0.3) is 0 Å². The molecular weight excluding hydrogens is 490 g/mol. The number of rotatable bonds is 6. The third kappa shape index (κ3) is 4.89. The number of hydrogen-bond acceptors (Lipinski definition) is 7. The van der Waals surface area contributed by atoms with E-state index >= 15 is 0 Å². The van der Waals surface area contributed by atoms with Gasteiger partial charge in [-0.25, -0.2) is 28.0 Å². The number of imide groups is 1. The van der Waals surface area contributed by atoms with Gasteiger partial charge >= 0.3 is 0 Å². The van der Waals surface area contributed by atoms with Gasteiger partial charge < -0.3 is 5.32 Å². The quantitative estimate of drug-likeness (QED) is 0.480. The van der Waals surface area contributed by atoms with Crippen LogP contribution in [0, 0.1) is 27.7 Å². The Hall–Kier alpha value is -3.76. The Morgan fingerprint density at radius 3 is 2.06 bits per heavy atom. The van der Waals surface area contributed by atoms with Crippen LogP contribution in [-0.2, 0) is 19.6 Å². The molecule has 9 nitrogen and oxygen atoms in total. The number of nitrogens with one attached hydrogen (secondary N) is 2. The molecule has 0 unspecified atom stereocenters. The van der Waals surface area contributed by atoms with Gasteiger partial charge in [-0.05, 0) is 81.3 Å². The van der Waals surface area contributed by atoms with E-state index in [4.69, 9.17) is 11.6 Å². The molecule has 0 saturated heterocycles. The van der Waals surface area contributed by atoms with Crippen LogP contribution in [0.2, 0.25) is 0 Å². The zero-order valence-electron chi connectivity index (χ0n) is 19.4. The van der Waals surface area contributed by atoms with Crippen molar-refractivity contribution in [3.8, 4) is 0 Å². The van der Waals surface area contributed by atoms with Crippen LogP contribution >= 0.6 is 11.6 Å². The molecule has 2 heterocycles. The second-order valence-electron chi connectivity index (χ2n) is 8.13. The molecule has 0 aliphatic carbocycles.